The highest BCUT2D eigenvalue weighted by atomic mass is 16.5. The number of benzene rings is 2. The van der Waals surface area contributed by atoms with Crippen molar-refractivity contribution >= 4 is 16.8 Å². The summed E-state index contributed by atoms with van der Waals surface area (Å²) in [4.78, 5) is 16.5. The number of carbonyl (C=O) groups is 1. The molecule has 1 amide bonds. The zero-order valence-electron chi connectivity index (χ0n) is 13.7. The number of nitrogens with zero attached hydrogens (tertiary/aromatic N) is 1. The molecular weight excluding hydrogens is 300 g/mol. The molecule has 24 heavy (non-hydrogen) atoms. The van der Waals surface area contributed by atoms with Gasteiger partial charge in [0.2, 0.25) is 5.91 Å². The Morgan fingerprint density at radius 2 is 1.88 bits per heavy atom. The summed E-state index contributed by atoms with van der Waals surface area (Å²) in [6.07, 6.45) is 2.94. The van der Waals surface area contributed by atoms with Gasteiger partial charge >= 0.3 is 0 Å². The minimum Gasteiger partial charge on any atom is -0.497 e. The summed E-state index contributed by atoms with van der Waals surface area (Å²) in [6, 6.07) is 17.7. The van der Waals surface area contributed by atoms with Crippen molar-refractivity contribution in [2.75, 3.05) is 13.7 Å². The van der Waals surface area contributed by atoms with Crippen LogP contribution in [0.15, 0.2) is 60.8 Å². The molecule has 4 heteroatoms. The molecule has 2 aromatic carbocycles. The summed E-state index contributed by atoms with van der Waals surface area (Å²) in [5.41, 5.74) is 3.13. The number of hydrogen-bond donors (Lipinski definition) is 1. The highest BCUT2D eigenvalue weighted by Crippen LogP contribution is 2.16. The lowest BCUT2D eigenvalue weighted by Crippen LogP contribution is -2.27. The first-order valence-electron chi connectivity index (χ1n) is 7.98. The summed E-state index contributed by atoms with van der Waals surface area (Å²) in [5.74, 6) is 0.816. The Balaban J connectivity index is 1.54. The predicted molar refractivity (Wildman–Crippen MR) is 95.2 cm³/mol. The normalized spacial score (nSPS) is 10.5. The molecule has 0 radical (unpaired) electrons. The Morgan fingerprint density at radius 1 is 1.08 bits per heavy atom. The molecule has 0 aliphatic carbocycles. The molecular formula is C20H20N2O2. The van der Waals surface area contributed by atoms with Gasteiger partial charge in [-0.15, -0.1) is 0 Å². The monoisotopic (exact) mass is 320 g/mol. The summed E-state index contributed by atoms with van der Waals surface area (Å²) >= 11 is 0. The van der Waals surface area contributed by atoms with E-state index in [-0.39, 0.29) is 5.91 Å². The maximum atomic E-state index is 12.1. The van der Waals surface area contributed by atoms with Gasteiger partial charge in [0.05, 0.1) is 19.0 Å². The lowest BCUT2D eigenvalue weighted by Gasteiger charge is -2.08. The standard InChI is InChI=1S/C20H20N2O2/c1-24-18-9-7-15(8-10-18)14-19(23)21-13-11-17-5-2-4-16-6-3-12-22-20(16)17/h2-10,12H,11,13-14H2,1H3,(H,21,23). The Bertz CT molecular complexity index is 823. The van der Waals surface area contributed by atoms with Crippen LogP contribution in [0.1, 0.15) is 11.1 Å². The molecule has 122 valence electrons. The van der Waals surface area contributed by atoms with Crippen LogP contribution in [0.25, 0.3) is 10.9 Å². The van der Waals surface area contributed by atoms with E-state index in [0.717, 1.165) is 34.2 Å². The van der Waals surface area contributed by atoms with Crippen LogP contribution in [-0.2, 0) is 17.6 Å². The van der Waals surface area contributed by atoms with Crippen LogP contribution < -0.4 is 10.1 Å². The number of methoxy groups -OCH3 is 1. The number of carbonyl (C=O) groups excluding carboxylic acids is 1. The topological polar surface area (TPSA) is 51.2 Å². The average molecular weight is 320 g/mol. The zero-order valence-corrected chi connectivity index (χ0v) is 13.7. The fraction of sp³-hybridized carbons (Fsp3) is 0.200. The van der Waals surface area contributed by atoms with E-state index in [1.54, 1.807) is 13.3 Å². The van der Waals surface area contributed by atoms with Crippen LogP contribution in [0.4, 0.5) is 0 Å². The number of para-hydroxylation sites is 1. The largest absolute Gasteiger partial charge is 0.497 e. The second-order valence-corrected chi connectivity index (χ2v) is 5.62. The second-order valence-electron chi connectivity index (χ2n) is 5.62. The molecule has 1 N–H and O–H groups in total. The third-order valence-electron chi connectivity index (χ3n) is 3.96. The maximum absolute atomic E-state index is 12.1. The van der Waals surface area contributed by atoms with Crippen LogP contribution in [0.5, 0.6) is 5.75 Å². The summed E-state index contributed by atoms with van der Waals surface area (Å²) in [6.45, 7) is 0.602. The minimum atomic E-state index is 0.0216. The fourth-order valence-corrected chi connectivity index (χ4v) is 2.70. The first-order chi connectivity index (χ1) is 11.8. The van der Waals surface area contributed by atoms with Crippen molar-refractivity contribution in [3.8, 4) is 5.75 Å². The van der Waals surface area contributed by atoms with Crippen molar-refractivity contribution in [1.29, 1.82) is 0 Å². The van der Waals surface area contributed by atoms with Gasteiger partial charge in [-0.2, -0.15) is 0 Å². The predicted octanol–water partition coefficient (Wildman–Crippen LogP) is 3.14. The van der Waals surface area contributed by atoms with Gasteiger partial charge in [-0.05, 0) is 35.7 Å². The molecule has 0 saturated carbocycles. The number of fused-ring (bicyclic) bond motifs is 1. The molecule has 0 aliphatic heterocycles. The van der Waals surface area contributed by atoms with E-state index >= 15 is 0 Å². The molecule has 3 aromatic rings. The number of nitrogens with one attached hydrogen (secondary N) is 1. The molecule has 0 aliphatic rings. The molecule has 0 spiro atoms. The van der Waals surface area contributed by atoms with Crippen molar-refractivity contribution in [1.82, 2.24) is 10.3 Å². The van der Waals surface area contributed by atoms with Crippen LogP contribution in [0, 0.1) is 0 Å². The molecule has 4 nitrogen and oxygen atoms in total. The van der Waals surface area contributed by atoms with Crippen LogP contribution in [-0.4, -0.2) is 24.5 Å². The van der Waals surface area contributed by atoms with E-state index < -0.39 is 0 Å². The first-order valence-corrected chi connectivity index (χ1v) is 7.98. The lowest BCUT2D eigenvalue weighted by atomic mass is 10.1. The van der Waals surface area contributed by atoms with Gasteiger partial charge in [-0.3, -0.25) is 9.78 Å². The molecule has 0 atom stereocenters. The van der Waals surface area contributed by atoms with Gasteiger partial charge in [-0.25, -0.2) is 0 Å². The van der Waals surface area contributed by atoms with E-state index in [2.05, 4.69) is 16.4 Å². The van der Waals surface area contributed by atoms with Crippen LogP contribution >= 0.6 is 0 Å². The van der Waals surface area contributed by atoms with Crippen LogP contribution in [0.2, 0.25) is 0 Å². The molecule has 1 heterocycles. The Kier molecular flexibility index (Phi) is 5.06. The zero-order chi connectivity index (χ0) is 16.8. The Hall–Kier alpha value is -2.88. The number of hydrogen-bond acceptors (Lipinski definition) is 3. The summed E-state index contributed by atoms with van der Waals surface area (Å²) < 4.78 is 5.12. The Morgan fingerprint density at radius 3 is 2.67 bits per heavy atom. The second kappa shape index (κ2) is 7.59. The molecule has 1 aromatic heterocycles. The molecule has 0 saturated heterocycles. The van der Waals surface area contributed by atoms with Crippen molar-refractivity contribution in [3.63, 3.8) is 0 Å². The molecule has 3 rings (SSSR count). The van der Waals surface area contributed by atoms with E-state index in [1.165, 1.54) is 0 Å². The maximum Gasteiger partial charge on any atom is 0.224 e. The minimum absolute atomic E-state index is 0.0216. The highest BCUT2D eigenvalue weighted by molar-refractivity contribution is 5.82. The Labute approximate surface area is 141 Å². The van der Waals surface area contributed by atoms with Crippen molar-refractivity contribution in [3.05, 3.63) is 71.9 Å². The SMILES string of the molecule is COc1ccc(CC(=O)NCCc2cccc3cccnc23)cc1. The average Bonchev–Trinajstić information content (AvgIpc) is 2.62. The fourth-order valence-electron chi connectivity index (χ4n) is 2.70. The molecule has 0 unspecified atom stereocenters. The van der Waals surface area contributed by atoms with E-state index in [9.17, 15) is 4.79 Å². The van der Waals surface area contributed by atoms with Gasteiger partial charge in [0.25, 0.3) is 0 Å². The van der Waals surface area contributed by atoms with Gasteiger partial charge < -0.3 is 10.1 Å². The summed E-state index contributed by atoms with van der Waals surface area (Å²) in [5, 5.41) is 4.10. The third-order valence-corrected chi connectivity index (χ3v) is 3.96. The highest BCUT2D eigenvalue weighted by Gasteiger charge is 2.05. The number of amides is 1. The van der Waals surface area contributed by atoms with Gasteiger partial charge in [-0.1, -0.05) is 36.4 Å². The summed E-state index contributed by atoms with van der Waals surface area (Å²) in [7, 11) is 1.63. The first kappa shape index (κ1) is 16.0. The van der Waals surface area contributed by atoms with Crippen molar-refractivity contribution < 1.29 is 9.53 Å². The van der Waals surface area contributed by atoms with Crippen molar-refractivity contribution in [2.45, 2.75) is 12.8 Å². The lowest BCUT2D eigenvalue weighted by molar-refractivity contribution is -0.120. The quantitative estimate of drug-likeness (QED) is 0.759. The van der Waals surface area contributed by atoms with E-state index in [4.69, 9.17) is 4.74 Å². The van der Waals surface area contributed by atoms with Crippen molar-refractivity contribution in [2.24, 2.45) is 0 Å². The molecule has 0 bridgehead atoms. The number of rotatable bonds is 6. The van der Waals surface area contributed by atoms with Crippen LogP contribution in [0.3, 0.4) is 0 Å². The molecule has 0 fully saturated rings. The number of pyridine rings is 1. The van der Waals surface area contributed by atoms with Gasteiger partial charge in [0.15, 0.2) is 0 Å². The van der Waals surface area contributed by atoms with Gasteiger partial charge in [0.1, 0.15) is 5.75 Å². The van der Waals surface area contributed by atoms with E-state index in [0.29, 0.717) is 13.0 Å². The number of aromatic nitrogens is 1. The number of ether oxygens (including phenoxy) is 1. The van der Waals surface area contributed by atoms with Gasteiger partial charge in [0, 0.05) is 18.1 Å². The smallest absolute Gasteiger partial charge is 0.224 e. The third kappa shape index (κ3) is 3.90. The van der Waals surface area contributed by atoms with E-state index in [1.807, 2.05) is 48.5 Å².